The second-order valence-corrected chi connectivity index (χ2v) is 8.10. The second kappa shape index (κ2) is 11.1. The number of amides is 1. The van der Waals surface area contributed by atoms with Crippen LogP contribution in [0.25, 0.3) is 0 Å². The molecule has 0 saturated heterocycles. The highest BCUT2D eigenvalue weighted by molar-refractivity contribution is 5.93. The van der Waals surface area contributed by atoms with Crippen molar-refractivity contribution in [3.8, 4) is 0 Å². The lowest BCUT2D eigenvalue weighted by Crippen LogP contribution is -2.45. The van der Waals surface area contributed by atoms with Gasteiger partial charge in [0.2, 0.25) is 5.91 Å². The van der Waals surface area contributed by atoms with Crippen molar-refractivity contribution in [1.29, 1.82) is 0 Å². The molecule has 6 nitrogen and oxygen atoms in total. The first-order valence-electron chi connectivity index (χ1n) is 10.5. The van der Waals surface area contributed by atoms with Gasteiger partial charge in [0.1, 0.15) is 0 Å². The van der Waals surface area contributed by atoms with Crippen LogP contribution in [0.5, 0.6) is 0 Å². The Morgan fingerprint density at radius 1 is 1.18 bits per heavy atom. The minimum absolute atomic E-state index is 0.147. The Balaban J connectivity index is 1.79. The maximum atomic E-state index is 12.1. The smallest absolute Gasteiger partial charge is 0.227 e. The Morgan fingerprint density at radius 2 is 1.89 bits per heavy atom. The highest BCUT2D eigenvalue weighted by Gasteiger charge is 2.25. The molecule has 1 aromatic carbocycles. The predicted octanol–water partition coefficient (Wildman–Crippen LogP) is 3.21. The molecular formula is C22H37N5O. The maximum Gasteiger partial charge on any atom is 0.227 e. The van der Waals surface area contributed by atoms with E-state index in [1.165, 1.54) is 6.42 Å². The van der Waals surface area contributed by atoms with E-state index in [9.17, 15) is 4.79 Å². The van der Waals surface area contributed by atoms with Crippen LogP contribution in [0.4, 0.5) is 5.69 Å². The van der Waals surface area contributed by atoms with E-state index in [0.717, 1.165) is 43.1 Å². The monoisotopic (exact) mass is 387 g/mol. The molecule has 0 bridgehead atoms. The third kappa shape index (κ3) is 6.82. The van der Waals surface area contributed by atoms with Crippen LogP contribution in [0.1, 0.15) is 52.5 Å². The molecule has 1 fully saturated rings. The Kier molecular flexibility index (Phi) is 8.77. The number of carbonyl (C=O) groups excluding carboxylic acids is 1. The van der Waals surface area contributed by atoms with Crippen LogP contribution >= 0.6 is 0 Å². The highest BCUT2D eigenvalue weighted by atomic mass is 16.1. The van der Waals surface area contributed by atoms with E-state index in [-0.39, 0.29) is 11.8 Å². The van der Waals surface area contributed by atoms with Crippen molar-refractivity contribution in [3.05, 3.63) is 29.8 Å². The lowest BCUT2D eigenvalue weighted by Gasteiger charge is -2.30. The van der Waals surface area contributed by atoms with Gasteiger partial charge in [-0.25, -0.2) is 0 Å². The number of anilines is 1. The number of guanidine groups is 1. The van der Waals surface area contributed by atoms with E-state index in [1.54, 1.807) is 7.05 Å². The molecule has 0 radical (unpaired) electrons. The van der Waals surface area contributed by atoms with E-state index in [2.05, 4.69) is 59.6 Å². The topological polar surface area (TPSA) is 68.8 Å². The van der Waals surface area contributed by atoms with Gasteiger partial charge in [0.05, 0.1) is 0 Å². The molecule has 2 rings (SSSR count). The fourth-order valence-corrected chi connectivity index (χ4v) is 3.50. The summed E-state index contributed by atoms with van der Waals surface area (Å²) in [5.74, 6) is 1.13. The van der Waals surface area contributed by atoms with Gasteiger partial charge in [0, 0.05) is 50.4 Å². The molecule has 1 amide bonds. The van der Waals surface area contributed by atoms with Gasteiger partial charge in [-0.15, -0.1) is 0 Å². The molecule has 0 heterocycles. The molecule has 156 valence electrons. The molecule has 1 aliphatic rings. The van der Waals surface area contributed by atoms with Crippen LogP contribution in [0.3, 0.4) is 0 Å². The van der Waals surface area contributed by atoms with Gasteiger partial charge in [0.15, 0.2) is 5.96 Å². The van der Waals surface area contributed by atoms with Gasteiger partial charge >= 0.3 is 0 Å². The summed E-state index contributed by atoms with van der Waals surface area (Å²) in [5, 5.41) is 9.77. The summed E-state index contributed by atoms with van der Waals surface area (Å²) in [5.41, 5.74) is 1.98. The third-order valence-electron chi connectivity index (χ3n) is 5.34. The number of carbonyl (C=O) groups is 1. The van der Waals surface area contributed by atoms with Gasteiger partial charge in [-0.05, 0) is 58.2 Å². The minimum Gasteiger partial charge on any atom is -0.355 e. The van der Waals surface area contributed by atoms with E-state index in [1.807, 2.05) is 18.2 Å². The van der Waals surface area contributed by atoms with Crippen molar-refractivity contribution in [2.45, 2.75) is 65.6 Å². The van der Waals surface area contributed by atoms with Gasteiger partial charge in [0.25, 0.3) is 0 Å². The van der Waals surface area contributed by atoms with Crippen molar-refractivity contribution in [1.82, 2.24) is 15.5 Å². The molecule has 28 heavy (non-hydrogen) atoms. The molecule has 0 unspecified atom stereocenters. The lowest BCUT2D eigenvalue weighted by atomic mass is 9.85. The average molecular weight is 388 g/mol. The number of hydrogen-bond donors (Lipinski definition) is 3. The lowest BCUT2D eigenvalue weighted by molar-refractivity contribution is -0.122. The molecule has 1 saturated carbocycles. The van der Waals surface area contributed by atoms with E-state index < -0.39 is 0 Å². The first-order chi connectivity index (χ1) is 13.4. The van der Waals surface area contributed by atoms with Crippen molar-refractivity contribution >= 4 is 17.6 Å². The Labute approximate surface area is 170 Å². The predicted molar refractivity (Wildman–Crippen MR) is 118 cm³/mol. The van der Waals surface area contributed by atoms with Gasteiger partial charge < -0.3 is 16.0 Å². The zero-order valence-corrected chi connectivity index (χ0v) is 18.1. The van der Waals surface area contributed by atoms with Crippen LogP contribution in [0.15, 0.2) is 29.3 Å². The second-order valence-electron chi connectivity index (χ2n) is 8.10. The first-order valence-corrected chi connectivity index (χ1v) is 10.5. The summed E-state index contributed by atoms with van der Waals surface area (Å²) in [4.78, 5) is 18.9. The van der Waals surface area contributed by atoms with E-state index in [4.69, 9.17) is 0 Å². The zero-order chi connectivity index (χ0) is 20.5. The van der Waals surface area contributed by atoms with Crippen molar-refractivity contribution in [2.24, 2.45) is 10.9 Å². The molecule has 3 N–H and O–H groups in total. The number of hydrogen-bond acceptors (Lipinski definition) is 3. The molecule has 0 aliphatic heterocycles. The zero-order valence-electron chi connectivity index (χ0n) is 18.1. The summed E-state index contributed by atoms with van der Waals surface area (Å²) < 4.78 is 0. The first kappa shape index (κ1) is 22.2. The molecule has 0 spiro atoms. The number of aliphatic imine (C=N–C) groups is 1. The number of nitrogens with one attached hydrogen (secondary N) is 3. The number of rotatable bonds is 9. The highest BCUT2D eigenvalue weighted by Crippen LogP contribution is 2.27. The number of benzene rings is 1. The molecule has 1 aromatic rings. The Bertz CT molecular complexity index is 644. The van der Waals surface area contributed by atoms with Crippen molar-refractivity contribution in [3.63, 3.8) is 0 Å². The molecular weight excluding hydrogens is 350 g/mol. The van der Waals surface area contributed by atoms with Crippen molar-refractivity contribution in [2.75, 3.05) is 25.5 Å². The maximum absolute atomic E-state index is 12.1. The van der Waals surface area contributed by atoms with Gasteiger partial charge in [-0.1, -0.05) is 18.6 Å². The summed E-state index contributed by atoms with van der Waals surface area (Å²) in [6.45, 7) is 11.4. The minimum atomic E-state index is 0.147. The van der Waals surface area contributed by atoms with Crippen LogP contribution in [0, 0.1) is 5.92 Å². The molecule has 0 atom stereocenters. The summed E-state index contributed by atoms with van der Waals surface area (Å²) in [6, 6.07) is 9.05. The van der Waals surface area contributed by atoms with Crippen molar-refractivity contribution < 1.29 is 4.79 Å². The van der Waals surface area contributed by atoms with Crippen LogP contribution < -0.4 is 16.0 Å². The van der Waals surface area contributed by atoms with Crippen LogP contribution in [0.2, 0.25) is 0 Å². The summed E-state index contributed by atoms with van der Waals surface area (Å²) >= 11 is 0. The quantitative estimate of drug-likeness (QED) is 0.450. The molecule has 6 heteroatoms. The van der Waals surface area contributed by atoms with E-state index in [0.29, 0.717) is 18.6 Å². The van der Waals surface area contributed by atoms with Crippen LogP contribution in [-0.2, 0) is 11.3 Å². The average Bonchev–Trinajstić information content (AvgIpc) is 2.59. The van der Waals surface area contributed by atoms with E-state index >= 15 is 0 Å². The van der Waals surface area contributed by atoms with Crippen LogP contribution in [-0.4, -0.2) is 49.0 Å². The molecule has 0 aromatic heterocycles. The SMILES string of the molecule is CN=C(NCCN(C(C)C)C(C)C)NCc1cccc(NC(=O)C2CCC2)c1. The Hall–Kier alpha value is -2.08. The summed E-state index contributed by atoms with van der Waals surface area (Å²) in [6.07, 6.45) is 3.19. The number of nitrogens with zero attached hydrogens (tertiary/aromatic N) is 2. The largest absolute Gasteiger partial charge is 0.355 e. The van der Waals surface area contributed by atoms with Gasteiger partial charge in [-0.3, -0.25) is 14.7 Å². The van der Waals surface area contributed by atoms with Gasteiger partial charge in [-0.2, -0.15) is 0 Å². The normalized spacial score (nSPS) is 15.1. The standard InChI is InChI=1S/C22H37N5O/c1-16(2)27(17(3)4)13-12-24-22(23-5)25-15-18-8-6-11-20(14-18)26-21(28)19-9-7-10-19/h6,8,11,14,16-17,19H,7,9-10,12-13,15H2,1-5H3,(H,26,28)(H2,23,24,25). The fourth-order valence-electron chi connectivity index (χ4n) is 3.50. The summed E-state index contributed by atoms with van der Waals surface area (Å²) in [7, 11) is 1.78. The third-order valence-corrected chi connectivity index (χ3v) is 5.34. The fraction of sp³-hybridized carbons (Fsp3) is 0.636. The molecule has 1 aliphatic carbocycles. The Morgan fingerprint density at radius 3 is 2.46 bits per heavy atom.